The van der Waals surface area contributed by atoms with Crippen molar-refractivity contribution in [3.8, 4) is 5.75 Å². The predicted molar refractivity (Wildman–Crippen MR) is 85.7 cm³/mol. The van der Waals surface area contributed by atoms with Gasteiger partial charge in [0, 0.05) is 11.9 Å². The van der Waals surface area contributed by atoms with E-state index >= 15 is 0 Å². The molecule has 0 radical (unpaired) electrons. The number of carbonyl (C=O) groups is 1. The molecule has 1 aromatic carbocycles. The Labute approximate surface area is 135 Å². The lowest BCUT2D eigenvalue weighted by Gasteiger charge is -2.03. The van der Waals surface area contributed by atoms with Crippen molar-refractivity contribution in [2.24, 2.45) is 0 Å². The number of nitrogens with zero attached hydrogens (tertiary/aromatic N) is 2. The van der Waals surface area contributed by atoms with E-state index in [1.165, 1.54) is 18.3 Å². The highest BCUT2D eigenvalue weighted by molar-refractivity contribution is 7.80. The molecule has 0 bridgehead atoms. The van der Waals surface area contributed by atoms with E-state index in [-0.39, 0.29) is 17.6 Å². The summed E-state index contributed by atoms with van der Waals surface area (Å²) in [5.74, 6) is 0.446. The third-order valence-corrected chi connectivity index (χ3v) is 3.42. The van der Waals surface area contributed by atoms with E-state index in [1.54, 1.807) is 24.3 Å². The quantitative estimate of drug-likeness (QED) is 0.832. The van der Waals surface area contributed by atoms with Gasteiger partial charge >= 0.3 is 0 Å². The van der Waals surface area contributed by atoms with Crippen molar-refractivity contribution in [1.82, 2.24) is 15.5 Å². The molecule has 0 aliphatic carbocycles. The number of halogens is 1. The molecule has 1 aromatic heterocycles. The van der Waals surface area contributed by atoms with Gasteiger partial charge in [-0.2, -0.15) is 0 Å². The number of hydrogen-bond acceptors (Lipinski definition) is 6. The summed E-state index contributed by atoms with van der Waals surface area (Å²) in [5.41, 5.74) is 0. The topological polar surface area (TPSA) is 76.1 Å². The number of amides is 1. The van der Waals surface area contributed by atoms with Crippen LogP contribution in [0.5, 0.6) is 5.75 Å². The molecule has 21 heavy (non-hydrogen) atoms. The Morgan fingerprint density at radius 2 is 2.10 bits per heavy atom. The van der Waals surface area contributed by atoms with Crippen LogP contribution < -0.4 is 15.4 Å². The van der Waals surface area contributed by atoms with Crippen LogP contribution in [-0.2, 0) is 11.4 Å². The van der Waals surface area contributed by atoms with Crippen LogP contribution in [0.1, 0.15) is 11.9 Å². The summed E-state index contributed by atoms with van der Waals surface area (Å²) in [4.78, 5) is 10.8. The van der Waals surface area contributed by atoms with Crippen molar-refractivity contribution in [1.29, 1.82) is 0 Å². The first-order valence-corrected chi connectivity index (χ1v) is 7.42. The number of aromatic nitrogens is 2. The van der Waals surface area contributed by atoms with Crippen molar-refractivity contribution in [3.63, 3.8) is 0 Å². The third-order valence-electron chi connectivity index (χ3n) is 2.15. The molecule has 0 aliphatic rings. The van der Waals surface area contributed by atoms with Gasteiger partial charge in [-0.3, -0.25) is 4.79 Å². The Balaban J connectivity index is 1.86. The fourth-order valence-corrected chi connectivity index (χ4v) is 2.42. The average molecular weight is 343 g/mol. The number of anilines is 1. The largest absolute Gasteiger partial charge is 0.486 e. The maximum Gasteiger partial charge on any atom is 0.222 e. The number of thiocarbonyl (C=S) groups is 1. The maximum absolute atomic E-state index is 10.8. The second-order valence-corrected chi connectivity index (χ2v) is 5.79. The Kier molecular flexibility index (Phi) is 5.43. The first kappa shape index (κ1) is 15.6. The van der Waals surface area contributed by atoms with Crippen LogP contribution in [0.4, 0.5) is 5.13 Å². The van der Waals surface area contributed by atoms with E-state index in [1.807, 2.05) is 0 Å². The van der Waals surface area contributed by atoms with Gasteiger partial charge in [-0.15, -0.1) is 10.2 Å². The van der Waals surface area contributed by atoms with Gasteiger partial charge in [0.25, 0.3) is 0 Å². The summed E-state index contributed by atoms with van der Waals surface area (Å²) in [6.45, 7) is 1.66. The van der Waals surface area contributed by atoms with Gasteiger partial charge in [-0.05, 0) is 36.5 Å². The normalized spacial score (nSPS) is 10.0. The van der Waals surface area contributed by atoms with Crippen LogP contribution in [0.15, 0.2) is 24.3 Å². The molecule has 0 unspecified atom stereocenters. The molecule has 2 rings (SSSR count). The Hall–Kier alpha value is -1.77. The summed E-state index contributed by atoms with van der Waals surface area (Å²) < 4.78 is 5.55. The second kappa shape index (κ2) is 7.30. The van der Waals surface area contributed by atoms with Crippen molar-refractivity contribution < 1.29 is 9.53 Å². The minimum Gasteiger partial charge on any atom is -0.486 e. The molecule has 0 saturated carbocycles. The van der Waals surface area contributed by atoms with E-state index in [0.29, 0.717) is 20.9 Å². The van der Waals surface area contributed by atoms with Crippen molar-refractivity contribution >= 4 is 51.3 Å². The minimum atomic E-state index is -0.247. The number of hydrogen-bond donors (Lipinski definition) is 2. The number of nitrogens with one attached hydrogen (secondary N) is 2. The van der Waals surface area contributed by atoms with E-state index in [0.717, 1.165) is 0 Å². The number of ether oxygens (including phenoxy) is 1. The molecule has 1 amide bonds. The van der Waals surface area contributed by atoms with Crippen LogP contribution in [-0.4, -0.2) is 21.2 Å². The first-order valence-electron chi connectivity index (χ1n) is 5.82. The molecule has 9 heteroatoms. The van der Waals surface area contributed by atoms with Gasteiger partial charge in [0.1, 0.15) is 12.4 Å². The summed E-state index contributed by atoms with van der Waals surface area (Å²) in [7, 11) is 0. The number of rotatable bonds is 4. The van der Waals surface area contributed by atoms with E-state index in [9.17, 15) is 4.79 Å². The zero-order valence-corrected chi connectivity index (χ0v) is 13.3. The van der Waals surface area contributed by atoms with Crippen molar-refractivity contribution in [3.05, 3.63) is 34.3 Å². The molecule has 6 nitrogen and oxygen atoms in total. The van der Waals surface area contributed by atoms with Crippen LogP contribution in [0, 0.1) is 0 Å². The molecular weight excluding hydrogens is 332 g/mol. The molecule has 0 spiro atoms. The van der Waals surface area contributed by atoms with Crippen LogP contribution in [0.25, 0.3) is 0 Å². The maximum atomic E-state index is 10.8. The SMILES string of the molecule is CC(=O)NC(=S)Nc1nnc(COc2ccc(Cl)cc2)s1. The molecule has 110 valence electrons. The fourth-order valence-electron chi connectivity index (χ4n) is 1.33. The monoisotopic (exact) mass is 342 g/mol. The number of carbonyl (C=O) groups excluding carboxylic acids is 1. The van der Waals surface area contributed by atoms with Gasteiger partial charge in [0.15, 0.2) is 10.1 Å². The van der Waals surface area contributed by atoms with Crippen molar-refractivity contribution in [2.45, 2.75) is 13.5 Å². The predicted octanol–water partition coefficient (Wildman–Crippen LogP) is 2.60. The molecule has 2 aromatic rings. The Bertz CT molecular complexity index is 645. The van der Waals surface area contributed by atoms with Gasteiger partial charge in [-0.25, -0.2) is 0 Å². The van der Waals surface area contributed by atoms with Crippen LogP contribution in [0.3, 0.4) is 0 Å². The lowest BCUT2D eigenvalue weighted by molar-refractivity contribution is -0.117. The zero-order chi connectivity index (χ0) is 15.2. The van der Waals surface area contributed by atoms with Crippen LogP contribution in [0.2, 0.25) is 5.02 Å². The smallest absolute Gasteiger partial charge is 0.222 e. The van der Waals surface area contributed by atoms with Gasteiger partial charge in [0.2, 0.25) is 11.0 Å². The molecule has 0 aliphatic heterocycles. The molecular formula is C12H11ClN4O2S2. The lowest BCUT2D eigenvalue weighted by atomic mass is 10.3. The molecule has 0 fully saturated rings. The highest BCUT2D eigenvalue weighted by Gasteiger charge is 2.07. The van der Waals surface area contributed by atoms with Crippen LogP contribution >= 0.6 is 35.2 Å². The lowest BCUT2D eigenvalue weighted by Crippen LogP contribution is -2.32. The highest BCUT2D eigenvalue weighted by Crippen LogP contribution is 2.19. The van der Waals surface area contributed by atoms with Gasteiger partial charge < -0.3 is 15.4 Å². The Morgan fingerprint density at radius 3 is 2.76 bits per heavy atom. The van der Waals surface area contributed by atoms with Gasteiger partial charge in [0.05, 0.1) is 0 Å². The standard InChI is InChI=1S/C12H11ClN4O2S2/c1-7(18)14-11(20)15-12-17-16-10(21-12)6-19-9-4-2-8(13)3-5-9/h2-5H,6H2,1H3,(H2,14,15,17,18,20). The average Bonchev–Trinajstić information content (AvgIpc) is 2.84. The first-order chi connectivity index (χ1) is 10.0. The summed E-state index contributed by atoms with van der Waals surface area (Å²) >= 11 is 12.0. The summed E-state index contributed by atoms with van der Waals surface area (Å²) in [6.07, 6.45) is 0. The highest BCUT2D eigenvalue weighted by atomic mass is 35.5. The molecule has 0 saturated heterocycles. The second-order valence-electron chi connectivity index (χ2n) is 3.88. The van der Waals surface area contributed by atoms with E-state index in [4.69, 9.17) is 28.6 Å². The number of benzene rings is 1. The summed E-state index contributed by atoms with van der Waals surface area (Å²) in [6, 6.07) is 7.04. The minimum absolute atomic E-state index is 0.184. The van der Waals surface area contributed by atoms with Gasteiger partial charge in [-0.1, -0.05) is 22.9 Å². The molecule has 1 heterocycles. The molecule has 2 N–H and O–H groups in total. The van der Waals surface area contributed by atoms with Crippen molar-refractivity contribution in [2.75, 3.05) is 5.32 Å². The fraction of sp³-hybridized carbons (Fsp3) is 0.167. The molecule has 0 atom stereocenters. The third kappa shape index (κ3) is 5.25. The zero-order valence-electron chi connectivity index (χ0n) is 10.9. The van der Waals surface area contributed by atoms with E-state index in [2.05, 4.69) is 20.8 Å². The van der Waals surface area contributed by atoms with E-state index < -0.39 is 0 Å². The summed E-state index contributed by atoms with van der Waals surface area (Å²) in [5, 5.41) is 15.1. The Morgan fingerprint density at radius 1 is 1.38 bits per heavy atom.